The first-order valence-corrected chi connectivity index (χ1v) is 7.18. The van der Waals surface area contributed by atoms with Gasteiger partial charge in [0.25, 0.3) is 11.7 Å². The molecule has 1 aromatic carbocycles. The van der Waals surface area contributed by atoms with Crippen molar-refractivity contribution in [2.45, 2.75) is 25.7 Å². The fourth-order valence-corrected chi connectivity index (χ4v) is 2.78. The first-order valence-electron chi connectivity index (χ1n) is 6.39. The maximum atomic E-state index is 11.9. The molecule has 5 nitrogen and oxygen atoms in total. The Morgan fingerprint density at radius 3 is 2.65 bits per heavy atom. The number of carboxylic acids is 1. The molecule has 0 aromatic heterocycles. The monoisotopic (exact) mass is 339 g/mol. The van der Waals surface area contributed by atoms with Crippen LogP contribution >= 0.6 is 15.9 Å². The van der Waals surface area contributed by atoms with Gasteiger partial charge in [-0.1, -0.05) is 12.5 Å². The molecule has 0 bridgehead atoms. The molecule has 0 spiro atoms. The molecule has 1 aromatic rings. The van der Waals surface area contributed by atoms with Crippen LogP contribution in [0.3, 0.4) is 0 Å². The molecule has 0 saturated heterocycles. The lowest BCUT2D eigenvalue weighted by molar-refractivity contribution is -0.137. The van der Waals surface area contributed by atoms with Crippen molar-refractivity contribution >= 4 is 39.3 Å². The number of fused-ring (bicyclic) bond motifs is 1. The number of Topliss-reactive ketones (excluding diaryl/α,β-unsaturated/α-hetero) is 1. The van der Waals surface area contributed by atoms with Gasteiger partial charge in [-0.3, -0.25) is 14.4 Å². The molecule has 1 aliphatic heterocycles. The van der Waals surface area contributed by atoms with Crippen molar-refractivity contribution in [3.8, 4) is 0 Å². The average molecular weight is 340 g/mol. The van der Waals surface area contributed by atoms with E-state index in [-0.39, 0.29) is 6.42 Å². The lowest BCUT2D eigenvalue weighted by Crippen LogP contribution is -2.30. The summed E-state index contributed by atoms with van der Waals surface area (Å²) in [6, 6.07) is 5.27. The van der Waals surface area contributed by atoms with Gasteiger partial charge >= 0.3 is 5.97 Å². The van der Waals surface area contributed by atoms with E-state index in [9.17, 15) is 14.4 Å². The van der Waals surface area contributed by atoms with Crippen molar-refractivity contribution in [2.24, 2.45) is 0 Å². The van der Waals surface area contributed by atoms with Crippen molar-refractivity contribution in [3.63, 3.8) is 0 Å². The molecule has 0 aliphatic carbocycles. The van der Waals surface area contributed by atoms with E-state index in [1.807, 2.05) is 0 Å². The Morgan fingerprint density at radius 1 is 1.20 bits per heavy atom. The number of hydrogen-bond acceptors (Lipinski definition) is 3. The Morgan fingerprint density at radius 2 is 1.95 bits per heavy atom. The standard InChI is InChI=1S/C14H14BrNO4/c15-9-5-4-6-10-12(9)13(19)14(20)16(10)8-3-1-2-7-11(17)18/h4-6H,1-3,7-8H2,(H,17,18). The Labute approximate surface area is 124 Å². The predicted octanol–water partition coefficient (Wildman–Crippen LogP) is 2.62. The van der Waals surface area contributed by atoms with Gasteiger partial charge in [0.1, 0.15) is 0 Å². The number of benzene rings is 1. The van der Waals surface area contributed by atoms with E-state index in [1.54, 1.807) is 18.2 Å². The second-order valence-electron chi connectivity index (χ2n) is 4.62. The molecule has 2 rings (SSSR count). The molecule has 0 fully saturated rings. The number of nitrogens with zero attached hydrogens (tertiary/aromatic N) is 1. The van der Waals surface area contributed by atoms with Crippen LogP contribution in [-0.2, 0) is 9.59 Å². The van der Waals surface area contributed by atoms with Crippen molar-refractivity contribution in [3.05, 3.63) is 28.2 Å². The van der Waals surface area contributed by atoms with Crippen LogP contribution in [0, 0.1) is 0 Å². The number of rotatable bonds is 6. The number of unbranched alkanes of at least 4 members (excludes halogenated alkanes) is 2. The number of ketones is 1. The molecule has 20 heavy (non-hydrogen) atoms. The topological polar surface area (TPSA) is 74.7 Å². The van der Waals surface area contributed by atoms with Crippen molar-refractivity contribution < 1.29 is 19.5 Å². The fourth-order valence-electron chi connectivity index (χ4n) is 2.25. The highest BCUT2D eigenvalue weighted by atomic mass is 79.9. The van der Waals surface area contributed by atoms with Crippen LogP contribution < -0.4 is 4.90 Å². The molecule has 0 radical (unpaired) electrons. The van der Waals surface area contributed by atoms with Crippen LogP contribution in [0.2, 0.25) is 0 Å². The first-order chi connectivity index (χ1) is 9.52. The highest BCUT2D eigenvalue weighted by Crippen LogP contribution is 2.34. The van der Waals surface area contributed by atoms with E-state index >= 15 is 0 Å². The second kappa shape index (κ2) is 6.17. The quantitative estimate of drug-likeness (QED) is 0.638. The molecule has 0 unspecified atom stereocenters. The van der Waals surface area contributed by atoms with Crippen LogP contribution in [0.5, 0.6) is 0 Å². The third-order valence-corrected chi connectivity index (χ3v) is 3.88. The van der Waals surface area contributed by atoms with Gasteiger partial charge in [-0.15, -0.1) is 0 Å². The third-order valence-electron chi connectivity index (χ3n) is 3.22. The lowest BCUT2D eigenvalue weighted by Gasteiger charge is -2.16. The zero-order valence-corrected chi connectivity index (χ0v) is 12.4. The summed E-state index contributed by atoms with van der Waals surface area (Å²) in [5.74, 6) is -1.81. The van der Waals surface area contributed by atoms with Gasteiger partial charge in [0.2, 0.25) is 0 Å². The summed E-state index contributed by atoms with van der Waals surface area (Å²) in [6.07, 6.45) is 2.11. The average Bonchev–Trinajstić information content (AvgIpc) is 2.64. The SMILES string of the molecule is O=C(O)CCCCCN1C(=O)C(=O)c2c(Br)cccc21. The molecule has 6 heteroatoms. The number of anilines is 1. The zero-order chi connectivity index (χ0) is 14.7. The Balaban J connectivity index is 2.00. The summed E-state index contributed by atoms with van der Waals surface area (Å²) in [7, 11) is 0. The smallest absolute Gasteiger partial charge is 0.303 e. The Bertz CT molecular complexity index is 570. The Hall–Kier alpha value is -1.69. The van der Waals surface area contributed by atoms with Crippen LogP contribution in [-0.4, -0.2) is 29.3 Å². The summed E-state index contributed by atoms with van der Waals surface area (Å²) < 4.78 is 0.627. The Kier molecular flexibility index (Phi) is 4.54. The van der Waals surface area contributed by atoms with Gasteiger partial charge < -0.3 is 10.0 Å². The molecular formula is C14H14BrNO4. The van der Waals surface area contributed by atoms with E-state index in [4.69, 9.17) is 5.11 Å². The molecule has 1 aliphatic rings. The minimum atomic E-state index is -0.813. The van der Waals surface area contributed by atoms with E-state index < -0.39 is 17.7 Å². The predicted molar refractivity (Wildman–Crippen MR) is 76.9 cm³/mol. The van der Waals surface area contributed by atoms with E-state index in [2.05, 4.69) is 15.9 Å². The fraction of sp³-hybridized carbons (Fsp3) is 0.357. The number of amides is 1. The largest absolute Gasteiger partial charge is 0.481 e. The van der Waals surface area contributed by atoms with E-state index in [0.717, 1.165) is 0 Å². The van der Waals surface area contributed by atoms with Crippen molar-refractivity contribution in [1.82, 2.24) is 0 Å². The maximum Gasteiger partial charge on any atom is 0.303 e. The minimum absolute atomic E-state index is 0.134. The minimum Gasteiger partial charge on any atom is -0.481 e. The van der Waals surface area contributed by atoms with Gasteiger partial charge in [-0.25, -0.2) is 0 Å². The summed E-state index contributed by atoms with van der Waals surface area (Å²) >= 11 is 3.29. The lowest BCUT2D eigenvalue weighted by atomic mass is 10.1. The van der Waals surface area contributed by atoms with Gasteiger partial charge in [0.05, 0.1) is 11.3 Å². The number of halogens is 1. The maximum absolute atomic E-state index is 11.9. The van der Waals surface area contributed by atoms with E-state index in [0.29, 0.717) is 41.5 Å². The number of carbonyl (C=O) groups is 3. The summed E-state index contributed by atoms with van der Waals surface area (Å²) in [5, 5.41) is 8.55. The molecule has 0 atom stereocenters. The number of carbonyl (C=O) groups excluding carboxylic acids is 2. The summed E-state index contributed by atoms with van der Waals surface area (Å²) in [6.45, 7) is 0.438. The van der Waals surface area contributed by atoms with E-state index in [1.165, 1.54) is 4.90 Å². The number of carboxylic acid groups (broad SMARTS) is 1. The zero-order valence-electron chi connectivity index (χ0n) is 10.8. The molecule has 0 saturated carbocycles. The normalized spacial score (nSPS) is 13.8. The third kappa shape index (κ3) is 2.90. The second-order valence-corrected chi connectivity index (χ2v) is 5.48. The highest BCUT2D eigenvalue weighted by Gasteiger charge is 2.36. The van der Waals surface area contributed by atoms with Gasteiger partial charge in [0.15, 0.2) is 0 Å². The molecule has 1 heterocycles. The van der Waals surface area contributed by atoms with Crippen LogP contribution in [0.15, 0.2) is 22.7 Å². The number of aliphatic carboxylic acids is 1. The van der Waals surface area contributed by atoms with Crippen LogP contribution in [0.1, 0.15) is 36.0 Å². The molecular weight excluding hydrogens is 326 g/mol. The molecule has 106 valence electrons. The summed E-state index contributed by atoms with van der Waals surface area (Å²) in [5.41, 5.74) is 1.05. The van der Waals surface area contributed by atoms with Gasteiger partial charge in [0, 0.05) is 17.4 Å². The molecule has 1 N–H and O–H groups in total. The van der Waals surface area contributed by atoms with Gasteiger partial charge in [-0.05, 0) is 40.9 Å². The van der Waals surface area contributed by atoms with Crippen LogP contribution in [0.4, 0.5) is 5.69 Å². The highest BCUT2D eigenvalue weighted by molar-refractivity contribution is 9.10. The number of hydrogen-bond donors (Lipinski definition) is 1. The molecule has 1 amide bonds. The van der Waals surface area contributed by atoms with Gasteiger partial charge in [-0.2, -0.15) is 0 Å². The summed E-state index contributed by atoms with van der Waals surface area (Å²) in [4.78, 5) is 35.7. The van der Waals surface area contributed by atoms with Crippen molar-refractivity contribution in [1.29, 1.82) is 0 Å². The van der Waals surface area contributed by atoms with Crippen molar-refractivity contribution in [2.75, 3.05) is 11.4 Å². The van der Waals surface area contributed by atoms with Crippen LogP contribution in [0.25, 0.3) is 0 Å². The first kappa shape index (κ1) is 14.7.